The molecule has 2 aliphatic rings. The number of piperazine rings is 1. The van der Waals surface area contributed by atoms with Crippen molar-refractivity contribution in [3.8, 4) is 0 Å². The first-order valence-corrected chi connectivity index (χ1v) is 3.56. The Morgan fingerprint density at radius 3 is 3.11 bits per heavy atom. The molecule has 0 aromatic rings. The average molecular weight is 127 g/mol. The van der Waals surface area contributed by atoms with Crippen molar-refractivity contribution in [2.45, 2.75) is 24.5 Å². The van der Waals surface area contributed by atoms with Gasteiger partial charge >= 0.3 is 0 Å². The maximum Gasteiger partial charge on any atom is 0.0793 e. The van der Waals surface area contributed by atoms with Gasteiger partial charge in [0.15, 0.2) is 0 Å². The molecule has 2 atom stereocenters. The Morgan fingerprint density at radius 1 is 1.56 bits per heavy atom. The van der Waals surface area contributed by atoms with Crippen LogP contribution in [0.2, 0.25) is 0 Å². The van der Waals surface area contributed by atoms with Crippen LogP contribution in [-0.2, 0) is 0 Å². The smallest absolute Gasteiger partial charge is 0.0793 e. The van der Waals surface area contributed by atoms with E-state index in [4.69, 9.17) is 5.73 Å². The predicted molar refractivity (Wildman–Crippen MR) is 35.9 cm³/mol. The van der Waals surface area contributed by atoms with Gasteiger partial charge in [-0.1, -0.05) is 0 Å². The SMILES string of the molecule is NC12CCC(CNC1)N2. The van der Waals surface area contributed by atoms with Gasteiger partial charge in [-0.05, 0) is 12.8 Å². The van der Waals surface area contributed by atoms with Gasteiger partial charge in [-0.25, -0.2) is 0 Å². The topological polar surface area (TPSA) is 50.1 Å². The quantitative estimate of drug-likeness (QED) is 0.391. The van der Waals surface area contributed by atoms with Crippen LogP contribution >= 0.6 is 0 Å². The fourth-order valence-electron chi connectivity index (χ4n) is 1.74. The summed E-state index contributed by atoms with van der Waals surface area (Å²) in [5.41, 5.74) is 5.86. The minimum Gasteiger partial charge on any atom is -0.312 e. The van der Waals surface area contributed by atoms with Gasteiger partial charge in [0.1, 0.15) is 0 Å². The number of rotatable bonds is 0. The lowest BCUT2D eigenvalue weighted by Crippen LogP contribution is -2.63. The Morgan fingerprint density at radius 2 is 2.44 bits per heavy atom. The molecule has 2 aliphatic heterocycles. The van der Waals surface area contributed by atoms with Crippen LogP contribution in [0.4, 0.5) is 0 Å². The third-order valence-corrected chi connectivity index (χ3v) is 2.26. The molecule has 2 unspecified atom stereocenters. The summed E-state index contributed by atoms with van der Waals surface area (Å²) in [5, 5.41) is 6.68. The lowest BCUT2D eigenvalue weighted by molar-refractivity contribution is 0.303. The van der Waals surface area contributed by atoms with Gasteiger partial charge in [-0.15, -0.1) is 0 Å². The van der Waals surface area contributed by atoms with Gasteiger partial charge in [0, 0.05) is 19.1 Å². The lowest BCUT2D eigenvalue weighted by atomic mass is 10.1. The molecule has 0 radical (unpaired) electrons. The van der Waals surface area contributed by atoms with E-state index in [2.05, 4.69) is 10.6 Å². The lowest BCUT2D eigenvalue weighted by Gasteiger charge is -2.31. The first kappa shape index (κ1) is 5.65. The molecule has 0 spiro atoms. The van der Waals surface area contributed by atoms with Crippen molar-refractivity contribution in [2.75, 3.05) is 13.1 Å². The fourth-order valence-corrected chi connectivity index (χ4v) is 1.74. The molecule has 3 nitrogen and oxygen atoms in total. The van der Waals surface area contributed by atoms with Gasteiger partial charge < -0.3 is 11.1 Å². The van der Waals surface area contributed by atoms with Gasteiger partial charge in [-0.2, -0.15) is 0 Å². The van der Waals surface area contributed by atoms with Gasteiger partial charge in [-0.3, -0.25) is 5.32 Å². The molecule has 0 aromatic carbocycles. The van der Waals surface area contributed by atoms with Gasteiger partial charge in [0.25, 0.3) is 0 Å². The molecule has 0 aromatic heterocycles. The van der Waals surface area contributed by atoms with Crippen LogP contribution in [0.25, 0.3) is 0 Å². The van der Waals surface area contributed by atoms with Crippen LogP contribution in [0.5, 0.6) is 0 Å². The summed E-state index contributed by atoms with van der Waals surface area (Å²) in [4.78, 5) is 0. The van der Waals surface area contributed by atoms with Crippen molar-refractivity contribution in [1.82, 2.24) is 10.6 Å². The van der Waals surface area contributed by atoms with Crippen LogP contribution in [-0.4, -0.2) is 24.8 Å². The fraction of sp³-hybridized carbons (Fsp3) is 1.00. The Labute approximate surface area is 55.0 Å². The zero-order chi connectivity index (χ0) is 6.32. The molecule has 0 aliphatic carbocycles. The second-order valence-corrected chi connectivity index (χ2v) is 3.17. The molecule has 2 saturated heterocycles. The molecule has 2 rings (SSSR count). The molecule has 4 N–H and O–H groups in total. The highest BCUT2D eigenvalue weighted by Crippen LogP contribution is 2.20. The summed E-state index contributed by atoms with van der Waals surface area (Å²) in [5.74, 6) is 0. The summed E-state index contributed by atoms with van der Waals surface area (Å²) in [6.07, 6.45) is 2.37. The number of fused-ring (bicyclic) bond motifs is 2. The zero-order valence-electron chi connectivity index (χ0n) is 5.48. The molecule has 52 valence electrons. The Hall–Kier alpha value is -0.120. The predicted octanol–water partition coefficient (Wildman–Crippen LogP) is -1.00. The molecule has 9 heavy (non-hydrogen) atoms. The van der Waals surface area contributed by atoms with E-state index in [0.717, 1.165) is 19.5 Å². The Bertz CT molecular complexity index is 121. The maximum atomic E-state index is 5.93. The molecule has 2 heterocycles. The van der Waals surface area contributed by atoms with Gasteiger partial charge in [0.05, 0.1) is 5.66 Å². The van der Waals surface area contributed by atoms with Crippen LogP contribution in [0.1, 0.15) is 12.8 Å². The summed E-state index contributed by atoms with van der Waals surface area (Å²) < 4.78 is 0. The van der Waals surface area contributed by atoms with Crippen molar-refractivity contribution >= 4 is 0 Å². The molecule has 2 bridgehead atoms. The van der Waals surface area contributed by atoms with E-state index in [-0.39, 0.29) is 5.66 Å². The minimum atomic E-state index is -0.0666. The highest BCUT2D eigenvalue weighted by molar-refractivity contribution is 4.99. The van der Waals surface area contributed by atoms with E-state index in [1.807, 2.05) is 0 Å². The largest absolute Gasteiger partial charge is 0.312 e. The van der Waals surface area contributed by atoms with E-state index in [0.29, 0.717) is 6.04 Å². The molecule has 0 saturated carbocycles. The number of hydrogen-bond acceptors (Lipinski definition) is 3. The third kappa shape index (κ3) is 0.852. The molecule has 3 heteroatoms. The van der Waals surface area contributed by atoms with Crippen molar-refractivity contribution in [3.63, 3.8) is 0 Å². The van der Waals surface area contributed by atoms with Crippen LogP contribution < -0.4 is 16.4 Å². The molecular formula is C6H13N3. The van der Waals surface area contributed by atoms with Crippen LogP contribution in [0.3, 0.4) is 0 Å². The summed E-state index contributed by atoms with van der Waals surface area (Å²) in [6, 6.07) is 0.642. The summed E-state index contributed by atoms with van der Waals surface area (Å²) in [7, 11) is 0. The minimum absolute atomic E-state index is 0.0666. The first-order chi connectivity index (χ1) is 4.29. The Balaban J connectivity index is 2.13. The average Bonchev–Trinajstić information content (AvgIpc) is 2.07. The van der Waals surface area contributed by atoms with E-state index in [9.17, 15) is 0 Å². The van der Waals surface area contributed by atoms with Crippen molar-refractivity contribution in [1.29, 1.82) is 0 Å². The van der Waals surface area contributed by atoms with Crippen molar-refractivity contribution < 1.29 is 0 Å². The van der Waals surface area contributed by atoms with Gasteiger partial charge in [0.2, 0.25) is 0 Å². The number of nitrogens with one attached hydrogen (secondary N) is 2. The second kappa shape index (κ2) is 1.68. The highest BCUT2D eigenvalue weighted by atomic mass is 15.2. The second-order valence-electron chi connectivity index (χ2n) is 3.17. The first-order valence-electron chi connectivity index (χ1n) is 3.56. The summed E-state index contributed by atoms with van der Waals surface area (Å²) >= 11 is 0. The molecule has 0 amide bonds. The number of hydrogen-bond donors (Lipinski definition) is 3. The normalized spacial score (nSPS) is 49.7. The van der Waals surface area contributed by atoms with Crippen molar-refractivity contribution in [2.24, 2.45) is 5.73 Å². The highest BCUT2D eigenvalue weighted by Gasteiger charge is 2.37. The maximum absolute atomic E-state index is 5.93. The van der Waals surface area contributed by atoms with E-state index < -0.39 is 0 Å². The summed E-state index contributed by atoms with van der Waals surface area (Å²) in [6.45, 7) is 2.03. The zero-order valence-corrected chi connectivity index (χ0v) is 5.48. The third-order valence-electron chi connectivity index (χ3n) is 2.26. The van der Waals surface area contributed by atoms with E-state index in [1.54, 1.807) is 0 Å². The Kier molecular flexibility index (Phi) is 1.06. The monoisotopic (exact) mass is 127 g/mol. The van der Waals surface area contributed by atoms with Crippen molar-refractivity contribution in [3.05, 3.63) is 0 Å². The number of nitrogens with two attached hydrogens (primary N) is 1. The van der Waals surface area contributed by atoms with E-state index in [1.165, 1.54) is 6.42 Å². The van der Waals surface area contributed by atoms with Crippen LogP contribution in [0.15, 0.2) is 0 Å². The molecule has 2 fully saturated rings. The molecular weight excluding hydrogens is 114 g/mol. The van der Waals surface area contributed by atoms with Crippen LogP contribution in [0, 0.1) is 0 Å². The van der Waals surface area contributed by atoms with E-state index >= 15 is 0 Å². The standard InChI is InChI=1S/C6H13N3/c7-6-2-1-5(9-6)3-8-4-6/h5,8-9H,1-4,7H2.